The number of rotatable bonds is 4. The van der Waals surface area contributed by atoms with Crippen LogP contribution in [0.4, 0.5) is 5.69 Å². The van der Waals surface area contributed by atoms with Gasteiger partial charge in [0.2, 0.25) is 0 Å². The summed E-state index contributed by atoms with van der Waals surface area (Å²) in [5.41, 5.74) is 6.89. The van der Waals surface area contributed by atoms with Crippen molar-refractivity contribution in [3.8, 4) is 17.3 Å². The largest absolute Gasteiger partial charge is 0.457 e. The predicted octanol–water partition coefficient (Wildman–Crippen LogP) is 8.10. The zero-order valence-corrected chi connectivity index (χ0v) is 23.2. The summed E-state index contributed by atoms with van der Waals surface area (Å²) in [5, 5.41) is 4.76. The molecule has 0 fully saturated rings. The molecular formula is C35H29N5O. The summed E-state index contributed by atoms with van der Waals surface area (Å²) in [6.07, 6.45) is 6.18. The molecule has 4 aromatic carbocycles. The van der Waals surface area contributed by atoms with Gasteiger partial charge in [0.05, 0.1) is 23.2 Å². The van der Waals surface area contributed by atoms with Gasteiger partial charge in [-0.1, -0.05) is 35.9 Å². The summed E-state index contributed by atoms with van der Waals surface area (Å²) >= 11 is 0. The van der Waals surface area contributed by atoms with Gasteiger partial charge in [0, 0.05) is 83.6 Å². The zero-order chi connectivity index (χ0) is 27.7. The number of fused-ring (bicyclic) bond motifs is 6. The molecule has 0 saturated heterocycles. The Hall–Kier alpha value is -5.23. The molecule has 1 aliphatic rings. The van der Waals surface area contributed by atoms with E-state index in [1.54, 1.807) is 0 Å². The van der Waals surface area contributed by atoms with Crippen molar-refractivity contribution in [2.45, 2.75) is 6.92 Å². The fourth-order valence-electron chi connectivity index (χ4n) is 6.15. The van der Waals surface area contributed by atoms with Gasteiger partial charge in [-0.2, -0.15) is 0 Å². The number of pyridine rings is 1. The molecule has 4 heterocycles. The van der Waals surface area contributed by atoms with Crippen molar-refractivity contribution in [1.29, 1.82) is 0 Å². The Bertz CT molecular complexity index is 2170. The minimum Gasteiger partial charge on any atom is -0.457 e. The number of hydrogen-bond donors (Lipinski definition) is 0. The molecule has 0 saturated carbocycles. The Morgan fingerprint density at radius 1 is 0.659 bits per heavy atom. The molecule has 0 atom stereocenters. The first-order chi connectivity index (χ1) is 20.0. The van der Waals surface area contributed by atoms with Gasteiger partial charge in [-0.15, -0.1) is 0 Å². The first-order valence-corrected chi connectivity index (χ1v) is 13.8. The highest BCUT2D eigenvalue weighted by Gasteiger charge is 2.17. The molecule has 0 radical (unpaired) electrons. The van der Waals surface area contributed by atoms with E-state index < -0.39 is 0 Å². The topological polar surface area (TPSA) is 38.5 Å². The molecule has 1 aliphatic heterocycles. The van der Waals surface area contributed by atoms with E-state index in [0.717, 1.165) is 46.2 Å². The van der Waals surface area contributed by atoms with Crippen LogP contribution in [-0.4, -0.2) is 32.7 Å². The minimum atomic E-state index is 0.786. The van der Waals surface area contributed by atoms with Crippen LogP contribution >= 0.6 is 0 Å². The van der Waals surface area contributed by atoms with Crippen LogP contribution in [0.25, 0.3) is 49.4 Å². The number of para-hydroxylation sites is 1. The lowest BCUT2D eigenvalue weighted by atomic mass is 10.1. The van der Waals surface area contributed by atoms with Crippen LogP contribution < -0.4 is 9.64 Å². The molecule has 0 N–H and O–H groups in total. The summed E-state index contributed by atoms with van der Waals surface area (Å²) in [5.74, 6) is 2.47. The SMILES string of the molecule is Cc1ccc2c(c1)c1cnc(-n3c4ccccc4c4ccc(Oc5cccc(N6C=CN(C)C6)c5)cc43)cc1n2C. The highest BCUT2D eigenvalue weighted by molar-refractivity contribution is 6.11. The van der Waals surface area contributed by atoms with Crippen molar-refractivity contribution in [2.75, 3.05) is 18.6 Å². The van der Waals surface area contributed by atoms with E-state index in [1.165, 1.54) is 32.6 Å². The molecule has 6 heteroatoms. The first-order valence-electron chi connectivity index (χ1n) is 13.8. The Labute approximate surface area is 237 Å². The molecule has 0 bridgehead atoms. The quantitative estimate of drug-likeness (QED) is 0.228. The van der Waals surface area contributed by atoms with Crippen molar-refractivity contribution in [3.63, 3.8) is 0 Å². The van der Waals surface area contributed by atoms with Crippen LogP contribution in [0.2, 0.25) is 0 Å². The maximum atomic E-state index is 6.44. The molecule has 0 amide bonds. The Kier molecular flexibility index (Phi) is 5.13. The fourth-order valence-corrected chi connectivity index (χ4v) is 6.15. The third-order valence-electron chi connectivity index (χ3n) is 8.17. The van der Waals surface area contributed by atoms with Crippen LogP contribution in [0.3, 0.4) is 0 Å². The Morgan fingerprint density at radius 3 is 2.39 bits per heavy atom. The number of aromatic nitrogens is 3. The number of aryl methyl sites for hydroxylation is 2. The zero-order valence-electron chi connectivity index (χ0n) is 23.2. The van der Waals surface area contributed by atoms with Crippen molar-refractivity contribution < 1.29 is 4.74 Å². The third kappa shape index (κ3) is 3.75. The van der Waals surface area contributed by atoms with E-state index in [1.807, 2.05) is 18.3 Å². The number of benzene rings is 4. The average molecular weight is 536 g/mol. The maximum absolute atomic E-state index is 6.44. The van der Waals surface area contributed by atoms with Crippen LogP contribution in [-0.2, 0) is 7.05 Å². The summed E-state index contributed by atoms with van der Waals surface area (Å²) in [6, 6.07) is 31.9. The Balaban J connectivity index is 1.26. The second kappa shape index (κ2) is 8.89. The molecule has 8 rings (SSSR count). The highest BCUT2D eigenvalue weighted by Crippen LogP contribution is 2.37. The molecule has 0 spiro atoms. The van der Waals surface area contributed by atoms with Gasteiger partial charge in [0.1, 0.15) is 17.3 Å². The summed E-state index contributed by atoms with van der Waals surface area (Å²) in [6.45, 7) is 2.96. The number of nitrogens with zero attached hydrogens (tertiary/aromatic N) is 5. The molecule has 3 aromatic heterocycles. The standard InChI is InChI=1S/C35H29N5O/c1-23-11-14-31-29(17-23)30-21-36-35(20-33(30)38(31)3)40-32-10-5-4-9-27(32)28-13-12-26(19-34(28)40)41-25-8-6-7-24(18-25)39-16-15-37(2)22-39/h4-21H,22H2,1-3H3. The monoisotopic (exact) mass is 535 g/mol. The van der Waals surface area contributed by atoms with Gasteiger partial charge in [0.25, 0.3) is 0 Å². The molecule has 7 aromatic rings. The van der Waals surface area contributed by atoms with Gasteiger partial charge in [-0.25, -0.2) is 4.98 Å². The normalized spacial score (nSPS) is 13.4. The van der Waals surface area contributed by atoms with Crippen LogP contribution in [0.1, 0.15) is 5.56 Å². The predicted molar refractivity (Wildman–Crippen MR) is 168 cm³/mol. The summed E-state index contributed by atoms with van der Waals surface area (Å²) < 4.78 is 11.0. The van der Waals surface area contributed by atoms with E-state index in [4.69, 9.17) is 9.72 Å². The number of hydrogen-bond acceptors (Lipinski definition) is 4. The molecule has 41 heavy (non-hydrogen) atoms. The number of ether oxygens (including phenoxy) is 1. The first kappa shape index (κ1) is 23.6. The van der Waals surface area contributed by atoms with E-state index in [0.29, 0.717) is 0 Å². The van der Waals surface area contributed by atoms with E-state index >= 15 is 0 Å². The van der Waals surface area contributed by atoms with E-state index in [9.17, 15) is 0 Å². The number of anilines is 1. The Morgan fingerprint density at radius 2 is 1.51 bits per heavy atom. The lowest BCUT2D eigenvalue weighted by molar-refractivity contribution is 0.481. The average Bonchev–Trinajstić information content (AvgIpc) is 3.65. The van der Waals surface area contributed by atoms with Crippen LogP contribution in [0.15, 0.2) is 110 Å². The summed E-state index contributed by atoms with van der Waals surface area (Å²) in [4.78, 5) is 9.35. The molecule has 0 unspecified atom stereocenters. The van der Waals surface area contributed by atoms with Crippen LogP contribution in [0, 0.1) is 6.92 Å². The fraction of sp³-hybridized carbons (Fsp3) is 0.114. The minimum absolute atomic E-state index is 0.786. The van der Waals surface area contributed by atoms with Crippen molar-refractivity contribution in [1.82, 2.24) is 19.0 Å². The van der Waals surface area contributed by atoms with Crippen molar-refractivity contribution in [2.24, 2.45) is 7.05 Å². The second-order valence-electron chi connectivity index (χ2n) is 10.9. The lowest BCUT2D eigenvalue weighted by Gasteiger charge is -2.19. The smallest absolute Gasteiger partial charge is 0.139 e. The van der Waals surface area contributed by atoms with Crippen LogP contribution in [0.5, 0.6) is 11.5 Å². The third-order valence-corrected chi connectivity index (χ3v) is 8.17. The maximum Gasteiger partial charge on any atom is 0.139 e. The van der Waals surface area contributed by atoms with Gasteiger partial charge in [-0.05, 0) is 49.4 Å². The lowest BCUT2D eigenvalue weighted by Crippen LogP contribution is -2.21. The summed E-state index contributed by atoms with van der Waals surface area (Å²) in [7, 11) is 4.20. The molecule has 6 nitrogen and oxygen atoms in total. The molecule has 0 aliphatic carbocycles. The van der Waals surface area contributed by atoms with Crippen molar-refractivity contribution >= 4 is 49.3 Å². The van der Waals surface area contributed by atoms with Crippen molar-refractivity contribution in [3.05, 3.63) is 115 Å². The second-order valence-corrected chi connectivity index (χ2v) is 10.9. The van der Waals surface area contributed by atoms with E-state index in [2.05, 4.69) is 131 Å². The molecule has 200 valence electrons. The highest BCUT2D eigenvalue weighted by atomic mass is 16.5. The van der Waals surface area contributed by atoms with Gasteiger partial charge in [-0.3, -0.25) is 4.57 Å². The molecular weight excluding hydrogens is 506 g/mol. The van der Waals surface area contributed by atoms with E-state index in [-0.39, 0.29) is 0 Å². The van der Waals surface area contributed by atoms with Gasteiger partial charge in [0.15, 0.2) is 0 Å². The van der Waals surface area contributed by atoms with Gasteiger partial charge < -0.3 is 19.1 Å². The van der Waals surface area contributed by atoms with Gasteiger partial charge >= 0.3 is 0 Å².